The summed E-state index contributed by atoms with van der Waals surface area (Å²) < 4.78 is 5.47. The fourth-order valence-corrected chi connectivity index (χ4v) is 1.26. The molecule has 1 fully saturated rings. The lowest BCUT2D eigenvalue weighted by Gasteiger charge is -2.38. The maximum Gasteiger partial charge on any atom is 0.246 e. The summed E-state index contributed by atoms with van der Waals surface area (Å²) >= 11 is 0. The van der Waals surface area contributed by atoms with Gasteiger partial charge in [0.05, 0.1) is 5.60 Å². The molecule has 0 saturated carbocycles. The Morgan fingerprint density at radius 2 is 2.33 bits per heavy atom. The van der Waals surface area contributed by atoms with Gasteiger partial charge in [-0.25, -0.2) is 0 Å². The van der Waals surface area contributed by atoms with Crippen molar-refractivity contribution in [2.24, 2.45) is 0 Å². The predicted octanol–water partition coefficient (Wildman–Crippen LogP) is -0.105. The Morgan fingerprint density at radius 3 is 2.87 bits per heavy atom. The van der Waals surface area contributed by atoms with E-state index in [-0.39, 0.29) is 18.1 Å². The molecule has 0 aromatic heterocycles. The van der Waals surface area contributed by atoms with Crippen LogP contribution in [0.4, 0.5) is 0 Å². The third-order valence-electron chi connectivity index (χ3n) is 2.30. The standard InChI is InChI=1S/C11H18N2O2/c1-3-4-5-6-13-10(14)7-15-11(2)8-12-9-11/h12H,5-9H2,1-2H3,(H,13,14). The first-order chi connectivity index (χ1) is 7.16. The first-order valence-electron chi connectivity index (χ1n) is 5.17. The molecular weight excluding hydrogens is 192 g/mol. The SMILES string of the molecule is CC#CCCNC(=O)COC1(C)CNC1. The van der Waals surface area contributed by atoms with Crippen LogP contribution in [-0.4, -0.2) is 37.7 Å². The number of amides is 1. The molecular formula is C11H18N2O2. The van der Waals surface area contributed by atoms with Crippen molar-refractivity contribution >= 4 is 5.91 Å². The van der Waals surface area contributed by atoms with E-state index in [0.717, 1.165) is 13.1 Å². The molecule has 1 heterocycles. The van der Waals surface area contributed by atoms with E-state index in [1.807, 2.05) is 6.92 Å². The van der Waals surface area contributed by atoms with Gasteiger partial charge in [-0.1, -0.05) is 0 Å². The molecule has 0 spiro atoms. The van der Waals surface area contributed by atoms with Gasteiger partial charge in [-0.3, -0.25) is 4.79 Å². The minimum atomic E-state index is -0.152. The molecule has 0 unspecified atom stereocenters. The lowest BCUT2D eigenvalue weighted by atomic mass is 10.0. The Bertz CT molecular complexity index is 274. The number of rotatable bonds is 5. The van der Waals surface area contributed by atoms with E-state index in [4.69, 9.17) is 4.74 Å². The van der Waals surface area contributed by atoms with E-state index in [2.05, 4.69) is 22.5 Å². The Labute approximate surface area is 90.8 Å². The van der Waals surface area contributed by atoms with Gasteiger partial charge in [0.1, 0.15) is 6.61 Å². The maximum absolute atomic E-state index is 11.3. The molecule has 0 aromatic rings. The zero-order valence-corrected chi connectivity index (χ0v) is 9.35. The van der Waals surface area contributed by atoms with Gasteiger partial charge in [-0.2, -0.15) is 0 Å². The van der Waals surface area contributed by atoms with Crippen LogP contribution < -0.4 is 10.6 Å². The van der Waals surface area contributed by atoms with Crippen LogP contribution in [0.1, 0.15) is 20.3 Å². The highest BCUT2D eigenvalue weighted by molar-refractivity contribution is 5.77. The quantitative estimate of drug-likeness (QED) is 0.492. The number of carbonyl (C=O) groups excluding carboxylic acids is 1. The predicted molar refractivity (Wildman–Crippen MR) is 58.3 cm³/mol. The van der Waals surface area contributed by atoms with E-state index in [1.165, 1.54) is 0 Å². The first-order valence-corrected chi connectivity index (χ1v) is 5.17. The molecule has 0 aliphatic carbocycles. The zero-order chi connectivity index (χ0) is 11.1. The van der Waals surface area contributed by atoms with Gasteiger partial charge in [0, 0.05) is 26.1 Å². The molecule has 1 rings (SSSR count). The van der Waals surface area contributed by atoms with E-state index in [9.17, 15) is 4.79 Å². The molecule has 4 heteroatoms. The Balaban J connectivity index is 2.04. The summed E-state index contributed by atoms with van der Waals surface area (Å²) in [5.74, 6) is 5.59. The maximum atomic E-state index is 11.3. The van der Waals surface area contributed by atoms with Crippen LogP contribution in [0.3, 0.4) is 0 Å². The molecule has 15 heavy (non-hydrogen) atoms. The lowest BCUT2D eigenvalue weighted by molar-refractivity contribution is -0.135. The van der Waals surface area contributed by atoms with Gasteiger partial charge in [-0.05, 0) is 13.8 Å². The third kappa shape index (κ3) is 4.32. The first kappa shape index (κ1) is 12.0. The van der Waals surface area contributed by atoms with Crippen molar-refractivity contribution in [3.05, 3.63) is 0 Å². The van der Waals surface area contributed by atoms with E-state index in [1.54, 1.807) is 6.92 Å². The summed E-state index contributed by atoms with van der Waals surface area (Å²) in [6.45, 7) is 6.16. The second-order valence-corrected chi connectivity index (χ2v) is 3.87. The van der Waals surface area contributed by atoms with E-state index >= 15 is 0 Å². The van der Waals surface area contributed by atoms with E-state index < -0.39 is 0 Å². The second kappa shape index (κ2) is 5.74. The highest BCUT2D eigenvalue weighted by Gasteiger charge is 2.32. The van der Waals surface area contributed by atoms with Gasteiger partial charge in [-0.15, -0.1) is 11.8 Å². The van der Waals surface area contributed by atoms with Gasteiger partial charge in [0.15, 0.2) is 0 Å². The van der Waals surface area contributed by atoms with E-state index in [0.29, 0.717) is 13.0 Å². The molecule has 1 aliphatic rings. The lowest BCUT2D eigenvalue weighted by Crippen LogP contribution is -2.59. The largest absolute Gasteiger partial charge is 0.363 e. The van der Waals surface area contributed by atoms with Crippen LogP contribution in [0, 0.1) is 11.8 Å². The summed E-state index contributed by atoms with van der Waals surface area (Å²) in [5, 5.41) is 5.86. The van der Waals surface area contributed by atoms with Gasteiger partial charge >= 0.3 is 0 Å². The highest BCUT2D eigenvalue weighted by Crippen LogP contribution is 2.14. The van der Waals surface area contributed by atoms with Crippen molar-refractivity contribution in [3.63, 3.8) is 0 Å². The smallest absolute Gasteiger partial charge is 0.246 e. The number of hydrogen-bond acceptors (Lipinski definition) is 3. The van der Waals surface area contributed by atoms with Crippen molar-refractivity contribution in [1.82, 2.24) is 10.6 Å². The van der Waals surface area contributed by atoms with Crippen molar-refractivity contribution in [1.29, 1.82) is 0 Å². The van der Waals surface area contributed by atoms with Crippen LogP contribution in [-0.2, 0) is 9.53 Å². The summed E-state index contributed by atoms with van der Waals surface area (Å²) in [6, 6.07) is 0. The summed E-state index contributed by atoms with van der Waals surface area (Å²) in [4.78, 5) is 11.3. The number of nitrogens with one attached hydrogen (secondary N) is 2. The van der Waals surface area contributed by atoms with Crippen LogP contribution in [0.2, 0.25) is 0 Å². The van der Waals surface area contributed by atoms with Crippen LogP contribution in [0.5, 0.6) is 0 Å². The molecule has 4 nitrogen and oxygen atoms in total. The Hall–Kier alpha value is -1.05. The molecule has 0 aromatic carbocycles. The van der Waals surface area contributed by atoms with Crippen LogP contribution in [0.25, 0.3) is 0 Å². The summed E-state index contributed by atoms with van der Waals surface area (Å²) in [6.07, 6.45) is 0.695. The average molecular weight is 210 g/mol. The minimum Gasteiger partial charge on any atom is -0.363 e. The molecule has 1 amide bonds. The highest BCUT2D eigenvalue weighted by atomic mass is 16.5. The third-order valence-corrected chi connectivity index (χ3v) is 2.30. The fourth-order valence-electron chi connectivity index (χ4n) is 1.26. The Kier molecular flexibility index (Phi) is 4.60. The summed E-state index contributed by atoms with van der Waals surface area (Å²) in [5.41, 5.74) is -0.152. The van der Waals surface area contributed by atoms with Crippen molar-refractivity contribution in [3.8, 4) is 11.8 Å². The molecule has 0 bridgehead atoms. The number of ether oxygens (including phenoxy) is 1. The number of hydrogen-bond donors (Lipinski definition) is 2. The Morgan fingerprint density at radius 1 is 1.60 bits per heavy atom. The summed E-state index contributed by atoms with van der Waals surface area (Å²) in [7, 11) is 0. The second-order valence-electron chi connectivity index (χ2n) is 3.87. The zero-order valence-electron chi connectivity index (χ0n) is 9.35. The van der Waals surface area contributed by atoms with Crippen molar-refractivity contribution in [2.75, 3.05) is 26.2 Å². The normalized spacial score (nSPS) is 17.2. The molecule has 0 atom stereocenters. The van der Waals surface area contributed by atoms with Gasteiger partial charge in [0.25, 0.3) is 0 Å². The average Bonchev–Trinajstić information content (AvgIpc) is 2.19. The van der Waals surface area contributed by atoms with Gasteiger partial charge in [0.2, 0.25) is 5.91 Å². The van der Waals surface area contributed by atoms with Crippen molar-refractivity contribution < 1.29 is 9.53 Å². The number of carbonyl (C=O) groups is 1. The van der Waals surface area contributed by atoms with Crippen molar-refractivity contribution in [2.45, 2.75) is 25.9 Å². The molecule has 0 radical (unpaired) electrons. The fraction of sp³-hybridized carbons (Fsp3) is 0.727. The molecule has 84 valence electrons. The minimum absolute atomic E-state index is 0.0685. The topological polar surface area (TPSA) is 50.4 Å². The van der Waals surface area contributed by atoms with Crippen LogP contribution >= 0.6 is 0 Å². The monoisotopic (exact) mass is 210 g/mol. The molecule has 1 aliphatic heterocycles. The molecule has 1 saturated heterocycles. The van der Waals surface area contributed by atoms with Crippen LogP contribution in [0.15, 0.2) is 0 Å². The van der Waals surface area contributed by atoms with Gasteiger partial charge < -0.3 is 15.4 Å². The molecule has 2 N–H and O–H groups in total.